The number of nitrogens with zero attached hydrogens (tertiary/aromatic N) is 3. The van der Waals surface area contributed by atoms with Crippen molar-refractivity contribution in [1.82, 2.24) is 9.97 Å². The third-order valence-corrected chi connectivity index (χ3v) is 2.32. The summed E-state index contributed by atoms with van der Waals surface area (Å²) in [5.74, 6) is 0.453. The van der Waals surface area contributed by atoms with E-state index >= 15 is 0 Å². The zero-order valence-electron chi connectivity index (χ0n) is 8.18. The molecule has 0 aliphatic rings. The maximum absolute atomic E-state index is 8.81. The Morgan fingerprint density at radius 3 is 2.88 bits per heavy atom. The minimum absolute atomic E-state index is 0.314. The van der Waals surface area contributed by atoms with Gasteiger partial charge in [-0.3, -0.25) is 4.98 Å². The summed E-state index contributed by atoms with van der Waals surface area (Å²) in [4.78, 5) is 8.01. The van der Waals surface area contributed by atoms with Crippen LogP contribution in [0, 0.1) is 11.3 Å². The molecular formula is C11H7ClN4. The zero-order chi connectivity index (χ0) is 11.4. The molecule has 2 rings (SSSR count). The first-order chi connectivity index (χ1) is 7.81. The van der Waals surface area contributed by atoms with Crippen LogP contribution in [-0.4, -0.2) is 9.97 Å². The molecule has 1 N–H and O–H groups in total. The van der Waals surface area contributed by atoms with Gasteiger partial charge in [0.2, 0.25) is 0 Å². The molecule has 2 aromatic heterocycles. The molecule has 0 spiro atoms. The average Bonchev–Trinajstić information content (AvgIpc) is 2.33. The molecule has 2 aromatic rings. The van der Waals surface area contributed by atoms with Crippen molar-refractivity contribution in [1.29, 1.82) is 5.26 Å². The van der Waals surface area contributed by atoms with Gasteiger partial charge in [0.25, 0.3) is 0 Å². The smallest absolute Gasteiger partial charge is 0.150 e. The van der Waals surface area contributed by atoms with Gasteiger partial charge in [-0.2, -0.15) is 5.26 Å². The molecule has 0 atom stereocenters. The Kier molecular flexibility index (Phi) is 2.99. The summed E-state index contributed by atoms with van der Waals surface area (Å²) in [7, 11) is 0. The van der Waals surface area contributed by atoms with Crippen LogP contribution in [0.5, 0.6) is 0 Å². The maximum atomic E-state index is 8.81. The fourth-order valence-electron chi connectivity index (χ4n) is 1.19. The summed E-state index contributed by atoms with van der Waals surface area (Å²) in [5.41, 5.74) is 1.16. The molecule has 0 amide bonds. The molecule has 0 radical (unpaired) electrons. The molecule has 78 valence electrons. The predicted molar refractivity (Wildman–Crippen MR) is 61.5 cm³/mol. The van der Waals surface area contributed by atoms with Crippen LogP contribution < -0.4 is 5.32 Å². The van der Waals surface area contributed by atoms with Crippen molar-refractivity contribution in [3.8, 4) is 6.07 Å². The van der Waals surface area contributed by atoms with Crippen molar-refractivity contribution < 1.29 is 0 Å². The Morgan fingerprint density at radius 2 is 2.19 bits per heavy atom. The molecule has 0 unspecified atom stereocenters. The van der Waals surface area contributed by atoms with Gasteiger partial charge < -0.3 is 5.32 Å². The maximum Gasteiger partial charge on any atom is 0.150 e. The average molecular weight is 231 g/mol. The number of rotatable bonds is 2. The van der Waals surface area contributed by atoms with E-state index in [9.17, 15) is 0 Å². The summed E-state index contributed by atoms with van der Waals surface area (Å²) in [5, 5.41) is 12.1. The number of hydrogen-bond donors (Lipinski definition) is 1. The van der Waals surface area contributed by atoms with Crippen LogP contribution in [0.4, 0.5) is 11.5 Å². The van der Waals surface area contributed by atoms with E-state index in [4.69, 9.17) is 16.9 Å². The van der Waals surface area contributed by atoms with Crippen molar-refractivity contribution in [3.63, 3.8) is 0 Å². The van der Waals surface area contributed by atoms with Crippen molar-refractivity contribution in [3.05, 3.63) is 47.4 Å². The number of nitriles is 1. The second-order valence-corrected chi connectivity index (χ2v) is 3.38. The number of aromatic nitrogens is 2. The lowest BCUT2D eigenvalue weighted by Gasteiger charge is -2.06. The van der Waals surface area contributed by atoms with E-state index in [2.05, 4.69) is 15.3 Å². The molecule has 0 aliphatic carbocycles. The van der Waals surface area contributed by atoms with E-state index in [0.717, 1.165) is 5.69 Å². The van der Waals surface area contributed by atoms with Gasteiger partial charge >= 0.3 is 0 Å². The third-order valence-electron chi connectivity index (χ3n) is 1.93. The number of halogens is 1. The first kappa shape index (κ1) is 10.4. The molecule has 0 fully saturated rings. The van der Waals surface area contributed by atoms with Crippen LogP contribution in [0.25, 0.3) is 0 Å². The highest BCUT2D eigenvalue weighted by Crippen LogP contribution is 2.25. The van der Waals surface area contributed by atoms with Crippen LogP contribution in [0.1, 0.15) is 5.56 Å². The zero-order valence-corrected chi connectivity index (χ0v) is 8.94. The standard InChI is InChI=1S/C11H7ClN4/c12-10-8(6-13)3-5-15-11(10)16-9-2-1-4-14-7-9/h1-5,7H,(H,15,16). The second kappa shape index (κ2) is 4.60. The van der Waals surface area contributed by atoms with Gasteiger partial charge in [-0.25, -0.2) is 4.98 Å². The third kappa shape index (κ3) is 2.10. The normalized spacial score (nSPS) is 9.50. The van der Waals surface area contributed by atoms with E-state index in [1.807, 2.05) is 12.1 Å². The molecule has 5 heteroatoms. The quantitative estimate of drug-likeness (QED) is 0.862. The molecule has 0 aliphatic heterocycles. The fourth-order valence-corrected chi connectivity index (χ4v) is 1.39. The Balaban J connectivity index is 2.33. The van der Waals surface area contributed by atoms with Gasteiger partial charge in [-0.05, 0) is 18.2 Å². The molecule has 0 bridgehead atoms. The van der Waals surface area contributed by atoms with Gasteiger partial charge in [0.05, 0.1) is 17.4 Å². The second-order valence-electron chi connectivity index (χ2n) is 3.00. The summed E-state index contributed by atoms with van der Waals surface area (Å²) in [6.07, 6.45) is 4.85. The number of anilines is 2. The fraction of sp³-hybridized carbons (Fsp3) is 0. The largest absolute Gasteiger partial charge is 0.338 e. The first-order valence-corrected chi connectivity index (χ1v) is 4.90. The molecule has 4 nitrogen and oxygen atoms in total. The number of hydrogen-bond acceptors (Lipinski definition) is 4. The van der Waals surface area contributed by atoms with E-state index in [1.165, 1.54) is 6.20 Å². The van der Waals surface area contributed by atoms with Crippen LogP contribution in [0.15, 0.2) is 36.8 Å². The highest BCUT2D eigenvalue weighted by Gasteiger charge is 2.06. The van der Waals surface area contributed by atoms with Crippen molar-refractivity contribution in [2.24, 2.45) is 0 Å². The van der Waals surface area contributed by atoms with Gasteiger partial charge in [-0.1, -0.05) is 11.6 Å². The molecule has 2 heterocycles. The predicted octanol–water partition coefficient (Wildman–Crippen LogP) is 2.75. The van der Waals surface area contributed by atoms with Gasteiger partial charge in [0.1, 0.15) is 11.1 Å². The van der Waals surface area contributed by atoms with Crippen LogP contribution in [0.3, 0.4) is 0 Å². The minimum atomic E-state index is 0.314. The highest BCUT2D eigenvalue weighted by molar-refractivity contribution is 6.34. The summed E-state index contributed by atoms with van der Waals surface area (Å²) >= 11 is 5.99. The summed E-state index contributed by atoms with van der Waals surface area (Å²) < 4.78 is 0. The Morgan fingerprint density at radius 1 is 1.31 bits per heavy atom. The van der Waals surface area contributed by atoms with Gasteiger partial charge in [0.15, 0.2) is 5.82 Å². The molecule has 16 heavy (non-hydrogen) atoms. The van der Waals surface area contributed by atoms with Gasteiger partial charge in [0, 0.05) is 12.4 Å². The van der Waals surface area contributed by atoms with E-state index < -0.39 is 0 Å². The highest BCUT2D eigenvalue weighted by atomic mass is 35.5. The molecule has 0 saturated carbocycles. The number of pyridine rings is 2. The van der Waals surface area contributed by atoms with Crippen LogP contribution in [-0.2, 0) is 0 Å². The van der Waals surface area contributed by atoms with Crippen molar-refractivity contribution >= 4 is 23.1 Å². The van der Waals surface area contributed by atoms with E-state index in [0.29, 0.717) is 16.4 Å². The van der Waals surface area contributed by atoms with Crippen LogP contribution in [0.2, 0.25) is 5.02 Å². The Hall–Kier alpha value is -2.12. The lowest BCUT2D eigenvalue weighted by Crippen LogP contribution is -1.95. The monoisotopic (exact) mass is 230 g/mol. The van der Waals surface area contributed by atoms with E-state index in [-0.39, 0.29) is 0 Å². The summed E-state index contributed by atoms with van der Waals surface area (Å²) in [6, 6.07) is 7.19. The number of nitrogens with one attached hydrogen (secondary N) is 1. The minimum Gasteiger partial charge on any atom is -0.338 e. The van der Waals surface area contributed by atoms with Crippen molar-refractivity contribution in [2.45, 2.75) is 0 Å². The Labute approximate surface area is 97.5 Å². The lowest BCUT2D eigenvalue weighted by atomic mass is 10.3. The molecule has 0 aromatic carbocycles. The topological polar surface area (TPSA) is 61.6 Å². The summed E-state index contributed by atoms with van der Waals surface area (Å²) in [6.45, 7) is 0. The Bertz CT molecular complexity index is 533. The van der Waals surface area contributed by atoms with Crippen LogP contribution >= 0.6 is 11.6 Å². The molecular weight excluding hydrogens is 224 g/mol. The van der Waals surface area contributed by atoms with E-state index in [1.54, 1.807) is 24.5 Å². The first-order valence-electron chi connectivity index (χ1n) is 4.53. The van der Waals surface area contributed by atoms with Crippen molar-refractivity contribution in [2.75, 3.05) is 5.32 Å². The lowest BCUT2D eigenvalue weighted by molar-refractivity contribution is 1.27. The van der Waals surface area contributed by atoms with Gasteiger partial charge in [-0.15, -0.1) is 0 Å². The SMILES string of the molecule is N#Cc1ccnc(Nc2cccnc2)c1Cl. The molecule has 0 saturated heterocycles.